The van der Waals surface area contributed by atoms with Crippen LogP contribution in [0.3, 0.4) is 0 Å². The second kappa shape index (κ2) is 9.00. The summed E-state index contributed by atoms with van der Waals surface area (Å²) in [7, 11) is 1.07. The molecule has 156 valence electrons. The first-order valence-electron chi connectivity index (χ1n) is 9.36. The van der Waals surface area contributed by atoms with Crippen LogP contribution in [0.2, 0.25) is 0 Å². The lowest BCUT2D eigenvalue weighted by Gasteiger charge is -2.20. The number of sulfonamides is 1. The van der Waals surface area contributed by atoms with Crippen molar-refractivity contribution in [1.82, 2.24) is 4.90 Å². The summed E-state index contributed by atoms with van der Waals surface area (Å²) in [6, 6.07) is 22.3. The molecular formula is C23H24N2O4S. The predicted octanol–water partition coefficient (Wildman–Crippen LogP) is 3.79. The standard InChI is InChI=1S/C23H24N2O4S/c1-24(17-19-9-7-8-12-22(19)29-3)23(26)18-13-15-21(16-14-18)30(27,28)25(2)20-10-5-4-6-11-20/h4-16H,17H2,1-3H3. The zero-order valence-electron chi connectivity index (χ0n) is 17.1. The van der Waals surface area contributed by atoms with Crippen molar-refractivity contribution < 1.29 is 17.9 Å². The fourth-order valence-corrected chi connectivity index (χ4v) is 4.28. The highest BCUT2D eigenvalue weighted by Crippen LogP contribution is 2.23. The molecule has 0 saturated heterocycles. The topological polar surface area (TPSA) is 66.9 Å². The van der Waals surface area contributed by atoms with E-state index >= 15 is 0 Å². The Hall–Kier alpha value is -3.32. The van der Waals surface area contributed by atoms with Crippen LogP contribution >= 0.6 is 0 Å². The Kier molecular flexibility index (Phi) is 6.42. The van der Waals surface area contributed by atoms with Gasteiger partial charge in [-0.05, 0) is 42.5 Å². The van der Waals surface area contributed by atoms with E-state index in [2.05, 4.69) is 0 Å². The van der Waals surface area contributed by atoms with Gasteiger partial charge in [-0.1, -0.05) is 36.4 Å². The maximum atomic E-state index is 12.9. The van der Waals surface area contributed by atoms with Crippen molar-refractivity contribution in [3.8, 4) is 5.75 Å². The molecule has 0 aliphatic heterocycles. The Bertz CT molecular complexity index is 1110. The summed E-state index contributed by atoms with van der Waals surface area (Å²) >= 11 is 0. The number of amides is 1. The number of rotatable bonds is 7. The van der Waals surface area contributed by atoms with Crippen molar-refractivity contribution in [3.63, 3.8) is 0 Å². The SMILES string of the molecule is COc1ccccc1CN(C)C(=O)c1ccc(S(=O)(=O)N(C)c2ccccc2)cc1. The third-order valence-corrected chi connectivity index (χ3v) is 6.63. The van der Waals surface area contributed by atoms with Crippen molar-refractivity contribution in [3.05, 3.63) is 90.0 Å². The Morgan fingerprint density at radius 2 is 1.47 bits per heavy atom. The van der Waals surface area contributed by atoms with Gasteiger partial charge in [0.1, 0.15) is 5.75 Å². The van der Waals surface area contributed by atoms with Gasteiger partial charge in [-0.25, -0.2) is 8.42 Å². The van der Waals surface area contributed by atoms with Gasteiger partial charge in [-0.2, -0.15) is 0 Å². The van der Waals surface area contributed by atoms with E-state index in [1.165, 1.54) is 35.6 Å². The molecule has 0 aliphatic carbocycles. The maximum Gasteiger partial charge on any atom is 0.264 e. The van der Waals surface area contributed by atoms with E-state index in [0.29, 0.717) is 23.5 Å². The quantitative estimate of drug-likeness (QED) is 0.579. The Labute approximate surface area is 177 Å². The van der Waals surface area contributed by atoms with Crippen molar-refractivity contribution in [1.29, 1.82) is 0 Å². The number of anilines is 1. The fraction of sp³-hybridized carbons (Fsp3) is 0.174. The van der Waals surface area contributed by atoms with Crippen LogP contribution in [0.15, 0.2) is 83.8 Å². The number of para-hydroxylation sites is 2. The van der Waals surface area contributed by atoms with E-state index in [-0.39, 0.29) is 10.8 Å². The number of nitrogens with zero attached hydrogens (tertiary/aromatic N) is 2. The molecule has 3 aromatic carbocycles. The Morgan fingerprint density at radius 3 is 2.10 bits per heavy atom. The lowest BCUT2D eigenvalue weighted by molar-refractivity contribution is 0.0784. The summed E-state index contributed by atoms with van der Waals surface area (Å²) in [4.78, 5) is 14.5. The van der Waals surface area contributed by atoms with E-state index in [1.807, 2.05) is 30.3 Å². The number of carbonyl (C=O) groups is 1. The zero-order chi connectivity index (χ0) is 21.7. The van der Waals surface area contributed by atoms with E-state index in [0.717, 1.165) is 5.56 Å². The van der Waals surface area contributed by atoms with Gasteiger partial charge in [-0.15, -0.1) is 0 Å². The van der Waals surface area contributed by atoms with Gasteiger partial charge in [0, 0.05) is 31.8 Å². The Balaban J connectivity index is 1.77. The molecule has 6 nitrogen and oxygen atoms in total. The molecule has 0 saturated carbocycles. The largest absolute Gasteiger partial charge is 0.496 e. The molecule has 0 unspecified atom stereocenters. The summed E-state index contributed by atoms with van der Waals surface area (Å²) in [6.45, 7) is 0.375. The average molecular weight is 425 g/mol. The summed E-state index contributed by atoms with van der Waals surface area (Å²) in [5.74, 6) is 0.504. The highest BCUT2D eigenvalue weighted by molar-refractivity contribution is 7.92. The molecule has 3 aromatic rings. The zero-order valence-corrected chi connectivity index (χ0v) is 18.0. The number of carbonyl (C=O) groups excluding carboxylic acids is 1. The van der Waals surface area contributed by atoms with Crippen molar-refractivity contribution in [2.45, 2.75) is 11.4 Å². The second-order valence-electron chi connectivity index (χ2n) is 6.81. The highest BCUT2D eigenvalue weighted by Gasteiger charge is 2.22. The third-order valence-electron chi connectivity index (χ3n) is 4.83. The minimum atomic E-state index is -3.72. The predicted molar refractivity (Wildman–Crippen MR) is 117 cm³/mol. The monoisotopic (exact) mass is 424 g/mol. The van der Waals surface area contributed by atoms with Crippen LogP contribution in [0.5, 0.6) is 5.75 Å². The van der Waals surface area contributed by atoms with Gasteiger partial charge in [0.25, 0.3) is 15.9 Å². The molecule has 0 aromatic heterocycles. The summed E-state index contributed by atoms with van der Waals surface area (Å²) < 4.78 is 32.3. The smallest absolute Gasteiger partial charge is 0.264 e. The average Bonchev–Trinajstić information content (AvgIpc) is 2.79. The van der Waals surface area contributed by atoms with Crippen LogP contribution in [-0.2, 0) is 16.6 Å². The summed E-state index contributed by atoms with van der Waals surface area (Å²) in [6.07, 6.45) is 0. The molecule has 0 heterocycles. The number of ether oxygens (including phenoxy) is 1. The van der Waals surface area contributed by atoms with Crippen LogP contribution in [0, 0.1) is 0 Å². The lowest BCUT2D eigenvalue weighted by Crippen LogP contribution is -2.27. The highest BCUT2D eigenvalue weighted by atomic mass is 32.2. The molecule has 30 heavy (non-hydrogen) atoms. The first kappa shape index (κ1) is 21.4. The van der Waals surface area contributed by atoms with E-state index < -0.39 is 10.0 Å². The van der Waals surface area contributed by atoms with E-state index in [4.69, 9.17) is 4.74 Å². The first-order chi connectivity index (χ1) is 14.3. The van der Waals surface area contributed by atoms with Crippen molar-refractivity contribution in [2.24, 2.45) is 0 Å². The molecule has 0 radical (unpaired) electrons. The van der Waals surface area contributed by atoms with E-state index in [9.17, 15) is 13.2 Å². The summed E-state index contributed by atoms with van der Waals surface area (Å²) in [5.41, 5.74) is 1.86. The molecule has 0 N–H and O–H groups in total. The third kappa shape index (κ3) is 4.46. The molecule has 7 heteroatoms. The minimum Gasteiger partial charge on any atom is -0.496 e. The second-order valence-corrected chi connectivity index (χ2v) is 8.77. The van der Waals surface area contributed by atoms with Gasteiger partial charge in [0.15, 0.2) is 0 Å². The molecule has 0 spiro atoms. The van der Waals surface area contributed by atoms with Gasteiger partial charge in [-0.3, -0.25) is 9.10 Å². The van der Waals surface area contributed by atoms with Crippen molar-refractivity contribution in [2.75, 3.05) is 25.5 Å². The minimum absolute atomic E-state index is 0.123. The molecule has 0 bridgehead atoms. The number of benzene rings is 3. The van der Waals surface area contributed by atoms with Crippen LogP contribution in [0.4, 0.5) is 5.69 Å². The fourth-order valence-electron chi connectivity index (χ4n) is 3.09. The van der Waals surface area contributed by atoms with Gasteiger partial charge in [0.2, 0.25) is 0 Å². The molecule has 1 amide bonds. The molecule has 3 rings (SSSR count). The van der Waals surface area contributed by atoms with Gasteiger partial charge < -0.3 is 9.64 Å². The first-order valence-corrected chi connectivity index (χ1v) is 10.8. The van der Waals surface area contributed by atoms with Crippen LogP contribution in [0.25, 0.3) is 0 Å². The number of methoxy groups -OCH3 is 1. The Morgan fingerprint density at radius 1 is 0.867 bits per heavy atom. The molecule has 0 fully saturated rings. The van der Waals surface area contributed by atoms with E-state index in [1.54, 1.807) is 43.3 Å². The molecule has 0 aliphatic rings. The number of hydrogen-bond donors (Lipinski definition) is 0. The van der Waals surface area contributed by atoms with Crippen LogP contribution < -0.4 is 9.04 Å². The lowest BCUT2D eigenvalue weighted by atomic mass is 10.1. The van der Waals surface area contributed by atoms with Crippen LogP contribution in [-0.4, -0.2) is 40.4 Å². The maximum absolute atomic E-state index is 12.9. The number of hydrogen-bond acceptors (Lipinski definition) is 4. The normalized spacial score (nSPS) is 11.0. The molecule has 0 atom stereocenters. The molecular weight excluding hydrogens is 400 g/mol. The summed E-state index contributed by atoms with van der Waals surface area (Å²) in [5, 5.41) is 0. The van der Waals surface area contributed by atoms with Gasteiger partial charge >= 0.3 is 0 Å². The van der Waals surface area contributed by atoms with Crippen molar-refractivity contribution >= 4 is 21.6 Å². The van der Waals surface area contributed by atoms with Gasteiger partial charge in [0.05, 0.1) is 17.7 Å². The van der Waals surface area contributed by atoms with Crippen LogP contribution in [0.1, 0.15) is 15.9 Å².